The molecule has 0 aromatic heterocycles. The van der Waals surface area contributed by atoms with Crippen molar-refractivity contribution in [1.82, 2.24) is 0 Å². The molecule has 0 unspecified atom stereocenters. The first-order chi connectivity index (χ1) is 7.38. The summed E-state index contributed by atoms with van der Waals surface area (Å²) in [6, 6.07) is 8.71. The second kappa shape index (κ2) is 5.13. The molecular formula is C14H18O. The quantitative estimate of drug-likeness (QED) is 0.730. The Hall–Kier alpha value is -1.08. The third-order valence-corrected chi connectivity index (χ3v) is 3.08. The highest BCUT2D eigenvalue weighted by atomic mass is 16.5. The third-order valence-electron chi connectivity index (χ3n) is 3.08. The van der Waals surface area contributed by atoms with Gasteiger partial charge in [0.25, 0.3) is 0 Å². The Morgan fingerprint density at radius 3 is 2.47 bits per heavy atom. The molecule has 80 valence electrons. The van der Waals surface area contributed by atoms with Crippen LogP contribution >= 0.6 is 0 Å². The minimum absolute atomic E-state index is 0.813. The third kappa shape index (κ3) is 2.93. The summed E-state index contributed by atoms with van der Waals surface area (Å²) >= 11 is 0. The fraction of sp³-hybridized carbons (Fsp3) is 0.429. The first-order valence-electron chi connectivity index (χ1n) is 5.67. The molecule has 1 heterocycles. The SMILES string of the molecule is C=Cc1ccc(CC2CCOCC2)cc1. The highest BCUT2D eigenvalue weighted by molar-refractivity contribution is 5.47. The van der Waals surface area contributed by atoms with Crippen LogP contribution in [-0.2, 0) is 11.2 Å². The topological polar surface area (TPSA) is 9.23 Å². The van der Waals surface area contributed by atoms with Crippen LogP contribution in [0.25, 0.3) is 6.08 Å². The van der Waals surface area contributed by atoms with Gasteiger partial charge in [-0.15, -0.1) is 0 Å². The van der Waals surface area contributed by atoms with E-state index in [0.717, 1.165) is 19.1 Å². The van der Waals surface area contributed by atoms with Crippen molar-refractivity contribution in [1.29, 1.82) is 0 Å². The Kier molecular flexibility index (Phi) is 3.57. The Bertz CT molecular complexity index is 307. The van der Waals surface area contributed by atoms with Crippen LogP contribution in [-0.4, -0.2) is 13.2 Å². The molecule has 1 aliphatic heterocycles. The largest absolute Gasteiger partial charge is 0.381 e. The summed E-state index contributed by atoms with van der Waals surface area (Å²) in [6.07, 6.45) is 5.51. The summed E-state index contributed by atoms with van der Waals surface area (Å²) in [5.74, 6) is 0.813. The summed E-state index contributed by atoms with van der Waals surface area (Å²) in [5.41, 5.74) is 2.64. The zero-order valence-corrected chi connectivity index (χ0v) is 9.11. The van der Waals surface area contributed by atoms with Crippen LogP contribution < -0.4 is 0 Å². The molecule has 1 aromatic rings. The standard InChI is InChI=1S/C14H18O/c1-2-12-3-5-13(6-4-12)11-14-7-9-15-10-8-14/h2-6,14H,1,7-11H2. The lowest BCUT2D eigenvalue weighted by molar-refractivity contribution is 0.0665. The van der Waals surface area contributed by atoms with E-state index in [2.05, 4.69) is 30.8 Å². The van der Waals surface area contributed by atoms with E-state index in [9.17, 15) is 0 Å². The number of hydrogen-bond donors (Lipinski definition) is 0. The molecule has 1 fully saturated rings. The Labute approximate surface area is 91.8 Å². The van der Waals surface area contributed by atoms with E-state index in [-0.39, 0.29) is 0 Å². The predicted molar refractivity (Wildman–Crippen MR) is 63.8 cm³/mol. The molecule has 0 atom stereocenters. The number of benzene rings is 1. The van der Waals surface area contributed by atoms with E-state index in [1.165, 1.54) is 30.4 Å². The van der Waals surface area contributed by atoms with Crippen LogP contribution in [0.4, 0.5) is 0 Å². The molecule has 0 aliphatic carbocycles. The van der Waals surface area contributed by atoms with Crippen molar-refractivity contribution in [3.8, 4) is 0 Å². The molecule has 0 radical (unpaired) electrons. The van der Waals surface area contributed by atoms with Gasteiger partial charge >= 0.3 is 0 Å². The molecule has 1 heteroatoms. The average Bonchev–Trinajstić information content (AvgIpc) is 2.31. The van der Waals surface area contributed by atoms with Crippen LogP contribution in [0, 0.1) is 5.92 Å². The van der Waals surface area contributed by atoms with Gasteiger partial charge in [-0.1, -0.05) is 36.9 Å². The highest BCUT2D eigenvalue weighted by Gasteiger charge is 2.13. The van der Waals surface area contributed by atoms with Crippen molar-refractivity contribution in [2.45, 2.75) is 19.3 Å². The van der Waals surface area contributed by atoms with Crippen LogP contribution in [0.3, 0.4) is 0 Å². The maximum absolute atomic E-state index is 5.36. The summed E-state index contributed by atoms with van der Waals surface area (Å²) in [5, 5.41) is 0. The highest BCUT2D eigenvalue weighted by Crippen LogP contribution is 2.20. The van der Waals surface area contributed by atoms with Gasteiger partial charge in [0, 0.05) is 13.2 Å². The number of rotatable bonds is 3. The molecule has 1 saturated heterocycles. The first kappa shape index (κ1) is 10.4. The van der Waals surface area contributed by atoms with Gasteiger partial charge in [0.15, 0.2) is 0 Å². The molecule has 0 saturated carbocycles. The van der Waals surface area contributed by atoms with Gasteiger partial charge in [0.1, 0.15) is 0 Å². The lowest BCUT2D eigenvalue weighted by Gasteiger charge is -2.21. The second-order valence-corrected chi connectivity index (χ2v) is 4.21. The molecular weight excluding hydrogens is 184 g/mol. The molecule has 2 rings (SSSR count). The lowest BCUT2D eigenvalue weighted by Crippen LogP contribution is -2.17. The zero-order valence-electron chi connectivity index (χ0n) is 9.11. The van der Waals surface area contributed by atoms with E-state index in [0.29, 0.717) is 0 Å². The second-order valence-electron chi connectivity index (χ2n) is 4.21. The van der Waals surface area contributed by atoms with Gasteiger partial charge in [0.05, 0.1) is 0 Å². The fourth-order valence-corrected chi connectivity index (χ4v) is 2.07. The normalized spacial score (nSPS) is 17.6. The minimum Gasteiger partial charge on any atom is -0.381 e. The van der Waals surface area contributed by atoms with Crippen LogP contribution in [0.15, 0.2) is 30.8 Å². The van der Waals surface area contributed by atoms with E-state index in [1.54, 1.807) is 0 Å². The molecule has 1 nitrogen and oxygen atoms in total. The molecule has 0 amide bonds. The maximum atomic E-state index is 5.36. The van der Waals surface area contributed by atoms with Gasteiger partial charge in [-0.2, -0.15) is 0 Å². The van der Waals surface area contributed by atoms with Gasteiger partial charge in [-0.3, -0.25) is 0 Å². The minimum atomic E-state index is 0.813. The summed E-state index contributed by atoms with van der Waals surface area (Å²) in [6.45, 7) is 5.64. The average molecular weight is 202 g/mol. The van der Waals surface area contributed by atoms with Crippen molar-refractivity contribution in [3.05, 3.63) is 42.0 Å². The maximum Gasteiger partial charge on any atom is 0.0468 e. The monoisotopic (exact) mass is 202 g/mol. The van der Waals surface area contributed by atoms with Gasteiger partial charge in [0.2, 0.25) is 0 Å². The molecule has 0 bridgehead atoms. The molecule has 0 spiro atoms. The van der Waals surface area contributed by atoms with Gasteiger partial charge < -0.3 is 4.74 Å². The van der Waals surface area contributed by atoms with Crippen LogP contribution in [0.5, 0.6) is 0 Å². The lowest BCUT2D eigenvalue weighted by atomic mass is 9.92. The van der Waals surface area contributed by atoms with Crippen molar-refractivity contribution >= 4 is 6.08 Å². The van der Waals surface area contributed by atoms with E-state index in [1.807, 2.05) is 6.08 Å². The zero-order chi connectivity index (χ0) is 10.5. The first-order valence-corrected chi connectivity index (χ1v) is 5.67. The van der Waals surface area contributed by atoms with Crippen LogP contribution in [0.2, 0.25) is 0 Å². The Morgan fingerprint density at radius 2 is 1.87 bits per heavy atom. The Morgan fingerprint density at radius 1 is 1.20 bits per heavy atom. The van der Waals surface area contributed by atoms with Crippen molar-refractivity contribution in [2.24, 2.45) is 5.92 Å². The summed E-state index contributed by atoms with van der Waals surface area (Å²) in [7, 11) is 0. The number of ether oxygens (including phenoxy) is 1. The van der Waals surface area contributed by atoms with Gasteiger partial charge in [-0.05, 0) is 36.3 Å². The number of hydrogen-bond acceptors (Lipinski definition) is 1. The Balaban J connectivity index is 1.94. The fourth-order valence-electron chi connectivity index (χ4n) is 2.07. The van der Waals surface area contributed by atoms with Gasteiger partial charge in [-0.25, -0.2) is 0 Å². The summed E-state index contributed by atoms with van der Waals surface area (Å²) in [4.78, 5) is 0. The molecule has 0 N–H and O–H groups in total. The van der Waals surface area contributed by atoms with E-state index < -0.39 is 0 Å². The van der Waals surface area contributed by atoms with Crippen LogP contribution in [0.1, 0.15) is 24.0 Å². The molecule has 1 aromatic carbocycles. The predicted octanol–water partition coefficient (Wildman–Crippen LogP) is 3.30. The van der Waals surface area contributed by atoms with Crippen molar-refractivity contribution < 1.29 is 4.74 Å². The van der Waals surface area contributed by atoms with E-state index >= 15 is 0 Å². The van der Waals surface area contributed by atoms with Crippen molar-refractivity contribution in [2.75, 3.05) is 13.2 Å². The van der Waals surface area contributed by atoms with Crippen molar-refractivity contribution in [3.63, 3.8) is 0 Å². The molecule has 1 aliphatic rings. The molecule has 15 heavy (non-hydrogen) atoms. The van der Waals surface area contributed by atoms with E-state index in [4.69, 9.17) is 4.74 Å². The smallest absolute Gasteiger partial charge is 0.0468 e. The summed E-state index contributed by atoms with van der Waals surface area (Å²) < 4.78 is 5.36.